The number of fused-ring (bicyclic) bond motifs is 5. The summed E-state index contributed by atoms with van der Waals surface area (Å²) in [5.41, 5.74) is 7.33. The average molecular weight is 715 g/mol. The van der Waals surface area contributed by atoms with E-state index in [4.69, 9.17) is 9.47 Å². The van der Waals surface area contributed by atoms with Crippen molar-refractivity contribution in [1.29, 1.82) is 0 Å². The quantitative estimate of drug-likeness (QED) is 0.181. The standard InChI is InChI=1S/C46H74N4O2/c1-16-33-27-35(34(21-19-25-49(10,11)12)22-20-26-50(13,14)15)28-36-31-47-44(8)23-17-18-24-45(44,9)48-32-37-29-38(42(2,3)4)30-39(43(5,6)7)41(37)52-46(47,48)51-40(33)36/h27-32,34H,16-26H2,1-15H3/q+4/t44-,45-,46?/m0/s1. The highest BCUT2D eigenvalue weighted by Gasteiger charge is 2.86. The summed E-state index contributed by atoms with van der Waals surface area (Å²) in [6, 6.07) is 8.68. The number of hydrogen-bond acceptors (Lipinski definition) is 2. The van der Waals surface area contributed by atoms with Crippen molar-refractivity contribution in [3.8, 4) is 11.5 Å². The Morgan fingerprint density at radius 3 is 1.65 bits per heavy atom. The van der Waals surface area contributed by atoms with Crippen LogP contribution in [0.1, 0.15) is 153 Å². The van der Waals surface area contributed by atoms with Crippen LogP contribution in [-0.2, 0) is 17.3 Å². The zero-order chi connectivity index (χ0) is 38.3. The van der Waals surface area contributed by atoms with Gasteiger partial charge in [0, 0.05) is 32.3 Å². The Balaban J connectivity index is 1.52. The van der Waals surface area contributed by atoms with E-state index in [-0.39, 0.29) is 21.9 Å². The fourth-order valence-electron chi connectivity index (χ4n) is 9.60. The first-order chi connectivity index (χ1) is 23.9. The van der Waals surface area contributed by atoms with E-state index in [0.29, 0.717) is 5.92 Å². The van der Waals surface area contributed by atoms with Gasteiger partial charge in [-0.2, -0.15) is 0 Å². The molecule has 2 aromatic rings. The van der Waals surface area contributed by atoms with Crippen LogP contribution in [-0.4, -0.2) is 103 Å². The van der Waals surface area contributed by atoms with Gasteiger partial charge in [-0.15, -0.1) is 0 Å². The van der Waals surface area contributed by atoms with Gasteiger partial charge in [0.15, 0.2) is 23.9 Å². The van der Waals surface area contributed by atoms with Crippen molar-refractivity contribution in [3.05, 3.63) is 57.6 Å². The van der Waals surface area contributed by atoms with E-state index in [1.54, 1.807) is 0 Å². The molecule has 3 heterocycles. The molecule has 6 heteroatoms. The zero-order valence-corrected chi connectivity index (χ0v) is 35.9. The average Bonchev–Trinajstić information content (AvgIpc) is 3.18. The van der Waals surface area contributed by atoms with E-state index in [2.05, 4.69) is 150 Å². The second-order valence-corrected chi connectivity index (χ2v) is 21.4. The monoisotopic (exact) mass is 715 g/mol. The fraction of sp³-hybridized carbons (Fsp3) is 0.696. The van der Waals surface area contributed by atoms with E-state index in [0.717, 1.165) is 39.7 Å². The van der Waals surface area contributed by atoms with Crippen molar-refractivity contribution in [2.75, 3.05) is 55.4 Å². The van der Waals surface area contributed by atoms with Gasteiger partial charge in [0.2, 0.25) is 11.1 Å². The molecule has 3 atom stereocenters. The van der Waals surface area contributed by atoms with Crippen LogP contribution in [0.15, 0.2) is 24.3 Å². The van der Waals surface area contributed by atoms with Crippen molar-refractivity contribution in [2.24, 2.45) is 0 Å². The molecule has 6 nitrogen and oxygen atoms in total. The highest BCUT2D eigenvalue weighted by atomic mass is 16.7. The fourth-order valence-corrected chi connectivity index (χ4v) is 9.60. The molecule has 1 spiro atoms. The molecule has 0 amide bonds. The van der Waals surface area contributed by atoms with Gasteiger partial charge in [-0.05, 0) is 90.5 Å². The SMILES string of the molecule is CCc1cc(C(CCC[N+](C)(C)C)CCC[N+](C)(C)C)cc2c1OC13Oc4c(cc(C(C)(C)C)cc4C(C)(C)C)C=[N+]1[C@@]1(C)CCCC[C@]1(C)[N+]3=C2. The van der Waals surface area contributed by atoms with Gasteiger partial charge in [0.1, 0.15) is 0 Å². The first-order valence-electron chi connectivity index (χ1n) is 20.6. The number of aryl methyl sites for hydroxylation is 1. The van der Waals surface area contributed by atoms with E-state index in [9.17, 15) is 0 Å². The summed E-state index contributed by atoms with van der Waals surface area (Å²) in [5.74, 6) is 2.49. The summed E-state index contributed by atoms with van der Waals surface area (Å²) in [4.78, 5) is 0. The summed E-state index contributed by atoms with van der Waals surface area (Å²) in [6.07, 6.45) is 15.3. The van der Waals surface area contributed by atoms with Crippen molar-refractivity contribution in [1.82, 2.24) is 0 Å². The lowest BCUT2D eigenvalue weighted by molar-refractivity contribution is -0.876. The minimum atomic E-state index is -1.09. The minimum absolute atomic E-state index is 0.0235. The zero-order valence-electron chi connectivity index (χ0n) is 35.9. The van der Waals surface area contributed by atoms with E-state index in [1.165, 1.54) is 85.0 Å². The Bertz CT molecular complexity index is 1740. The second kappa shape index (κ2) is 13.0. The summed E-state index contributed by atoms with van der Waals surface area (Å²) in [5, 5.41) is 0. The maximum absolute atomic E-state index is 7.56. The maximum atomic E-state index is 7.56. The molecule has 1 saturated heterocycles. The van der Waals surface area contributed by atoms with Gasteiger partial charge in [-0.1, -0.05) is 69.7 Å². The smallest absolute Gasteiger partial charge is 0.340 e. The largest absolute Gasteiger partial charge is 0.705 e. The third-order valence-corrected chi connectivity index (χ3v) is 13.0. The lowest BCUT2D eigenvalue weighted by atomic mass is 9.69. The number of ether oxygens (including phenoxy) is 2. The molecule has 52 heavy (non-hydrogen) atoms. The minimum Gasteiger partial charge on any atom is -0.340 e. The number of rotatable bonds is 10. The van der Waals surface area contributed by atoms with E-state index < -0.39 is 6.03 Å². The Morgan fingerprint density at radius 2 is 1.19 bits per heavy atom. The molecule has 1 aliphatic carbocycles. The topological polar surface area (TPSA) is 24.5 Å². The normalized spacial score (nSPS) is 25.6. The summed E-state index contributed by atoms with van der Waals surface area (Å²) in [6.45, 7) is 23.5. The molecule has 0 radical (unpaired) electrons. The Hall–Kier alpha value is -2.70. The molecule has 0 bridgehead atoms. The predicted octanol–water partition coefficient (Wildman–Crippen LogP) is 8.96. The molecule has 3 aliphatic heterocycles. The number of benzene rings is 2. The molecule has 4 aliphatic rings. The van der Waals surface area contributed by atoms with Crippen LogP contribution in [0.2, 0.25) is 0 Å². The Morgan fingerprint density at radius 1 is 0.692 bits per heavy atom. The predicted molar refractivity (Wildman–Crippen MR) is 217 cm³/mol. The van der Waals surface area contributed by atoms with Crippen LogP contribution in [0.5, 0.6) is 11.5 Å². The van der Waals surface area contributed by atoms with E-state index in [1.807, 2.05) is 0 Å². The lowest BCUT2D eigenvalue weighted by Gasteiger charge is -2.34. The van der Waals surface area contributed by atoms with Crippen molar-refractivity contribution in [2.45, 2.75) is 154 Å². The van der Waals surface area contributed by atoms with E-state index >= 15 is 0 Å². The number of nitrogens with zero attached hydrogens (tertiary/aromatic N) is 4. The highest BCUT2D eigenvalue weighted by Crippen LogP contribution is 2.56. The number of hydrogen-bond donors (Lipinski definition) is 0. The first-order valence-corrected chi connectivity index (χ1v) is 20.6. The van der Waals surface area contributed by atoms with Crippen LogP contribution < -0.4 is 9.47 Å². The molecule has 2 fully saturated rings. The summed E-state index contributed by atoms with van der Waals surface area (Å²) in [7, 11) is 13.9. The first kappa shape index (κ1) is 39.0. The molecule has 286 valence electrons. The van der Waals surface area contributed by atoms with Crippen LogP contribution in [0.3, 0.4) is 0 Å². The van der Waals surface area contributed by atoms with Crippen LogP contribution >= 0.6 is 0 Å². The third-order valence-electron chi connectivity index (χ3n) is 13.0. The molecule has 1 saturated carbocycles. The van der Waals surface area contributed by atoms with Gasteiger partial charge in [0.05, 0.1) is 66.5 Å². The molecular weight excluding hydrogens is 641 g/mol. The van der Waals surface area contributed by atoms with Crippen molar-refractivity contribution in [3.63, 3.8) is 0 Å². The Kier molecular flexibility index (Phi) is 9.72. The van der Waals surface area contributed by atoms with Gasteiger partial charge in [0.25, 0.3) is 0 Å². The van der Waals surface area contributed by atoms with Gasteiger partial charge >= 0.3 is 6.03 Å². The van der Waals surface area contributed by atoms with Crippen LogP contribution in [0.4, 0.5) is 0 Å². The number of quaternary nitrogens is 2. The van der Waals surface area contributed by atoms with Crippen molar-refractivity contribution >= 4 is 12.4 Å². The summed E-state index contributed by atoms with van der Waals surface area (Å²) >= 11 is 0. The molecule has 0 aromatic heterocycles. The summed E-state index contributed by atoms with van der Waals surface area (Å²) < 4.78 is 22.2. The Labute approximate surface area is 317 Å². The van der Waals surface area contributed by atoms with Gasteiger partial charge < -0.3 is 18.4 Å². The highest BCUT2D eigenvalue weighted by molar-refractivity contribution is 5.85. The lowest BCUT2D eigenvalue weighted by Crippen LogP contribution is -2.61. The molecular formula is C46H74N4O2+4. The molecule has 2 aromatic carbocycles. The third kappa shape index (κ3) is 6.89. The maximum Gasteiger partial charge on any atom is 0.705 e. The molecule has 0 N–H and O–H groups in total. The van der Waals surface area contributed by atoms with Crippen LogP contribution in [0.25, 0.3) is 0 Å². The van der Waals surface area contributed by atoms with Gasteiger partial charge in [-0.3, -0.25) is 0 Å². The van der Waals surface area contributed by atoms with Crippen LogP contribution in [0, 0.1) is 0 Å². The second-order valence-electron chi connectivity index (χ2n) is 21.4. The van der Waals surface area contributed by atoms with Crippen molar-refractivity contribution < 1.29 is 27.6 Å². The van der Waals surface area contributed by atoms with Gasteiger partial charge in [-0.25, -0.2) is 0 Å². The molecule has 6 rings (SSSR count). The molecule has 1 unspecified atom stereocenters.